The molecule has 0 saturated heterocycles. The number of nitrogen functional groups attached to an aromatic ring is 1. The topological polar surface area (TPSA) is 124 Å². The largest absolute Gasteiger partial charge is 0.382 e. The molecule has 9 nitrogen and oxygen atoms in total. The van der Waals surface area contributed by atoms with Crippen LogP contribution in [-0.2, 0) is 7.05 Å². The van der Waals surface area contributed by atoms with Gasteiger partial charge in [0.05, 0.1) is 28.0 Å². The van der Waals surface area contributed by atoms with E-state index in [9.17, 15) is 4.79 Å². The van der Waals surface area contributed by atoms with Gasteiger partial charge in [-0.05, 0) is 43.3 Å². The van der Waals surface area contributed by atoms with E-state index < -0.39 is 5.91 Å². The molecule has 0 aliphatic heterocycles. The minimum absolute atomic E-state index is 0.00451. The number of carbonyl (C=O) groups is 1. The number of rotatable bonds is 5. The second-order valence-corrected chi connectivity index (χ2v) is 8.42. The Morgan fingerprint density at radius 3 is 2.63 bits per heavy atom. The molecule has 0 aliphatic carbocycles. The Bertz CT molecular complexity index is 1550. The van der Waals surface area contributed by atoms with E-state index in [1.54, 1.807) is 42.5 Å². The highest BCUT2D eigenvalue weighted by Crippen LogP contribution is 2.34. The number of benzene rings is 1. The number of halogens is 1. The summed E-state index contributed by atoms with van der Waals surface area (Å²) in [4.78, 5) is 31.1. The molecule has 0 spiro atoms. The van der Waals surface area contributed by atoms with Crippen LogP contribution in [0.15, 0.2) is 67.1 Å². The highest BCUT2D eigenvalue weighted by Gasteiger charge is 2.23. The molecule has 174 valence electrons. The number of nitrogens with two attached hydrogens (primary N) is 1. The summed E-state index contributed by atoms with van der Waals surface area (Å²) in [5, 5.41) is 8.64. The van der Waals surface area contributed by atoms with Gasteiger partial charge >= 0.3 is 0 Å². The van der Waals surface area contributed by atoms with Gasteiger partial charge in [0, 0.05) is 36.6 Å². The standard InChI is InChI=1S/C25H21ClN8O/c1-14(18-7-3-4-9-28-18)30-25(35)23-24(27)32-22(19-8-11-34(2)33-19)21(31-23)16-12-15-6-5-10-29-20(15)17(26)13-16/h3-14H,1-2H3,(H2,27,32)(H,30,35). The molecule has 1 aromatic carbocycles. The van der Waals surface area contributed by atoms with Gasteiger partial charge in [-0.1, -0.05) is 23.7 Å². The maximum absolute atomic E-state index is 13.2. The number of hydrogen-bond donors (Lipinski definition) is 2. The van der Waals surface area contributed by atoms with E-state index >= 15 is 0 Å². The molecule has 1 unspecified atom stereocenters. The van der Waals surface area contributed by atoms with Crippen LogP contribution in [-0.4, -0.2) is 35.6 Å². The number of nitrogens with zero attached hydrogens (tertiary/aromatic N) is 6. The van der Waals surface area contributed by atoms with Crippen LogP contribution in [0, 0.1) is 0 Å². The van der Waals surface area contributed by atoms with E-state index in [2.05, 4.69) is 30.4 Å². The van der Waals surface area contributed by atoms with E-state index in [4.69, 9.17) is 17.3 Å². The van der Waals surface area contributed by atoms with Gasteiger partial charge in [0.15, 0.2) is 11.5 Å². The molecule has 5 rings (SSSR count). The Morgan fingerprint density at radius 2 is 1.89 bits per heavy atom. The molecule has 0 radical (unpaired) electrons. The fourth-order valence-electron chi connectivity index (χ4n) is 3.79. The van der Waals surface area contributed by atoms with Crippen molar-refractivity contribution < 1.29 is 4.79 Å². The third kappa shape index (κ3) is 4.41. The fraction of sp³-hybridized carbons (Fsp3) is 0.120. The molecule has 4 heterocycles. The predicted octanol–water partition coefficient (Wildman–Crippen LogP) is 4.21. The molecule has 1 atom stereocenters. The minimum Gasteiger partial charge on any atom is -0.382 e. The van der Waals surface area contributed by atoms with Crippen LogP contribution in [0.25, 0.3) is 33.5 Å². The predicted molar refractivity (Wildman–Crippen MR) is 135 cm³/mol. The zero-order chi connectivity index (χ0) is 24.5. The van der Waals surface area contributed by atoms with Crippen molar-refractivity contribution in [2.45, 2.75) is 13.0 Å². The van der Waals surface area contributed by atoms with Crippen LogP contribution in [0.3, 0.4) is 0 Å². The summed E-state index contributed by atoms with van der Waals surface area (Å²) >= 11 is 6.54. The number of aromatic nitrogens is 6. The van der Waals surface area contributed by atoms with Crippen LogP contribution in [0.2, 0.25) is 5.02 Å². The van der Waals surface area contributed by atoms with Crippen LogP contribution in [0.5, 0.6) is 0 Å². The zero-order valence-electron chi connectivity index (χ0n) is 19.0. The number of pyridine rings is 2. The average molecular weight is 485 g/mol. The van der Waals surface area contributed by atoms with Crippen molar-refractivity contribution in [1.82, 2.24) is 35.0 Å². The molecular formula is C25H21ClN8O. The third-order valence-electron chi connectivity index (χ3n) is 5.50. The molecule has 4 aromatic heterocycles. The van der Waals surface area contributed by atoms with Gasteiger partial charge in [-0.2, -0.15) is 5.10 Å². The number of aryl methyl sites for hydroxylation is 1. The molecule has 3 N–H and O–H groups in total. The first-order chi connectivity index (χ1) is 16.9. The first kappa shape index (κ1) is 22.4. The summed E-state index contributed by atoms with van der Waals surface area (Å²) in [6, 6.07) is 14.3. The van der Waals surface area contributed by atoms with Crippen molar-refractivity contribution in [2.24, 2.45) is 7.05 Å². The normalized spacial score (nSPS) is 12.0. The lowest BCUT2D eigenvalue weighted by Gasteiger charge is -2.16. The lowest BCUT2D eigenvalue weighted by Crippen LogP contribution is -2.29. The fourth-order valence-corrected chi connectivity index (χ4v) is 4.07. The van der Waals surface area contributed by atoms with Gasteiger partial charge in [0.2, 0.25) is 0 Å². The SMILES string of the molecule is CC(NC(=O)c1nc(-c2cc(Cl)c3ncccc3c2)c(-c2ccn(C)n2)nc1N)c1ccccn1. The van der Waals surface area contributed by atoms with Crippen molar-refractivity contribution in [3.05, 3.63) is 83.5 Å². The third-order valence-corrected chi connectivity index (χ3v) is 5.79. The quantitative estimate of drug-likeness (QED) is 0.382. The van der Waals surface area contributed by atoms with E-state index in [-0.39, 0.29) is 17.6 Å². The van der Waals surface area contributed by atoms with Crippen molar-refractivity contribution >= 4 is 34.2 Å². The summed E-state index contributed by atoms with van der Waals surface area (Å²) in [5.41, 5.74) is 9.72. The summed E-state index contributed by atoms with van der Waals surface area (Å²) < 4.78 is 1.66. The maximum atomic E-state index is 13.2. The van der Waals surface area contributed by atoms with Gasteiger partial charge in [-0.3, -0.25) is 19.4 Å². The maximum Gasteiger partial charge on any atom is 0.274 e. The molecule has 0 fully saturated rings. The number of anilines is 1. The summed E-state index contributed by atoms with van der Waals surface area (Å²) in [6.07, 6.45) is 5.15. The zero-order valence-corrected chi connectivity index (χ0v) is 19.7. The Labute approximate surface area is 206 Å². The Kier molecular flexibility index (Phi) is 5.84. The van der Waals surface area contributed by atoms with Gasteiger partial charge in [0.25, 0.3) is 5.91 Å². The van der Waals surface area contributed by atoms with Crippen molar-refractivity contribution in [3.8, 4) is 22.6 Å². The van der Waals surface area contributed by atoms with Crippen LogP contribution < -0.4 is 11.1 Å². The molecule has 5 aromatic rings. The highest BCUT2D eigenvalue weighted by molar-refractivity contribution is 6.35. The van der Waals surface area contributed by atoms with Gasteiger partial charge < -0.3 is 11.1 Å². The minimum atomic E-state index is -0.462. The average Bonchev–Trinajstić information content (AvgIpc) is 3.30. The second-order valence-electron chi connectivity index (χ2n) is 8.01. The smallest absolute Gasteiger partial charge is 0.274 e. The first-order valence-electron chi connectivity index (χ1n) is 10.8. The number of hydrogen-bond acceptors (Lipinski definition) is 7. The van der Waals surface area contributed by atoms with Crippen LogP contribution >= 0.6 is 11.6 Å². The Morgan fingerprint density at radius 1 is 1.06 bits per heavy atom. The van der Waals surface area contributed by atoms with Crippen LogP contribution in [0.4, 0.5) is 5.82 Å². The summed E-state index contributed by atoms with van der Waals surface area (Å²) in [5.74, 6) is -0.468. The van der Waals surface area contributed by atoms with Crippen molar-refractivity contribution in [2.75, 3.05) is 5.73 Å². The van der Waals surface area contributed by atoms with Crippen molar-refractivity contribution in [3.63, 3.8) is 0 Å². The van der Waals surface area contributed by atoms with E-state index in [1.807, 2.05) is 43.3 Å². The lowest BCUT2D eigenvalue weighted by molar-refractivity contribution is 0.0935. The number of fused-ring (bicyclic) bond motifs is 1. The first-order valence-corrected chi connectivity index (χ1v) is 11.2. The number of nitrogens with one attached hydrogen (secondary N) is 1. The molecule has 10 heteroatoms. The number of amides is 1. The van der Waals surface area contributed by atoms with Gasteiger partial charge in [0.1, 0.15) is 11.4 Å². The number of carbonyl (C=O) groups excluding carboxylic acids is 1. The monoisotopic (exact) mass is 484 g/mol. The van der Waals surface area contributed by atoms with Gasteiger partial charge in [-0.25, -0.2) is 9.97 Å². The molecule has 0 saturated carbocycles. The molecule has 0 bridgehead atoms. The lowest BCUT2D eigenvalue weighted by atomic mass is 10.0. The second kappa shape index (κ2) is 9.11. The Balaban J connectivity index is 1.63. The van der Waals surface area contributed by atoms with E-state index in [1.165, 1.54) is 0 Å². The highest BCUT2D eigenvalue weighted by atomic mass is 35.5. The Hall–Kier alpha value is -4.37. The van der Waals surface area contributed by atoms with E-state index in [0.717, 1.165) is 5.39 Å². The molecule has 1 amide bonds. The molecule has 35 heavy (non-hydrogen) atoms. The van der Waals surface area contributed by atoms with Gasteiger partial charge in [-0.15, -0.1) is 0 Å². The summed E-state index contributed by atoms with van der Waals surface area (Å²) in [7, 11) is 1.80. The summed E-state index contributed by atoms with van der Waals surface area (Å²) in [6.45, 7) is 1.84. The van der Waals surface area contributed by atoms with Crippen LogP contribution in [0.1, 0.15) is 29.1 Å². The molecular weight excluding hydrogens is 464 g/mol. The van der Waals surface area contributed by atoms with Crippen molar-refractivity contribution in [1.29, 1.82) is 0 Å². The molecule has 0 aliphatic rings. The van der Waals surface area contributed by atoms with E-state index in [0.29, 0.717) is 38.9 Å².